The number of aromatic amines is 1. The first-order valence-corrected chi connectivity index (χ1v) is 10.2. The molecule has 1 fully saturated rings. The molecule has 1 aliphatic rings. The van der Waals surface area contributed by atoms with Gasteiger partial charge in [0.2, 0.25) is 10.0 Å². The minimum Gasteiger partial charge on any atom is -0.321 e. The number of sulfonamides is 1. The molecule has 1 aromatic heterocycles. The summed E-state index contributed by atoms with van der Waals surface area (Å²) in [7, 11) is -3.57. The predicted octanol–water partition coefficient (Wildman–Crippen LogP) is 2.99. The Balaban J connectivity index is 1.79. The number of carbonyl (C=O) groups excluding carboxylic acids is 1. The fraction of sp³-hybridized carbons (Fsp3) is 0.375. The van der Waals surface area contributed by atoms with Crippen molar-refractivity contribution in [3.8, 4) is 0 Å². The number of nitrogens with zero attached hydrogens (tertiary/aromatic N) is 1. The first kappa shape index (κ1) is 18.1. The van der Waals surface area contributed by atoms with E-state index >= 15 is 0 Å². The summed E-state index contributed by atoms with van der Waals surface area (Å²) >= 11 is 3.39. The first-order valence-electron chi connectivity index (χ1n) is 7.95. The molecular weight excluding hydrogens is 408 g/mol. The fourth-order valence-corrected chi connectivity index (χ4v) is 4.46. The minimum atomic E-state index is -3.57. The lowest BCUT2D eigenvalue weighted by atomic mass is 10.1. The van der Waals surface area contributed by atoms with Gasteiger partial charge in [-0.15, -0.1) is 0 Å². The topological polar surface area (TPSA) is 104 Å². The molecule has 0 radical (unpaired) electrons. The quantitative estimate of drug-likeness (QED) is 0.659. The van der Waals surface area contributed by atoms with Crippen molar-refractivity contribution < 1.29 is 13.2 Å². The molecule has 0 aliphatic heterocycles. The molecule has 0 saturated heterocycles. The van der Waals surface area contributed by atoms with Gasteiger partial charge in [-0.05, 0) is 52.9 Å². The highest BCUT2D eigenvalue weighted by Crippen LogP contribution is 2.27. The van der Waals surface area contributed by atoms with Crippen molar-refractivity contribution >= 4 is 37.5 Å². The van der Waals surface area contributed by atoms with Crippen LogP contribution in [0.3, 0.4) is 0 Å². The van der Waals surface area contributed by atoms with E-state index in [1.165, 1.54) is 12.1 Å². The molecule has 0 unspecified atom stereocenters. The molecule has 9 heteroatoms. The van der Waals surface area contributed by atoms with Gasteiger partial charge in [-0.1, -0.05) is 19.9 Å². The molecular formula is C16H19BrN4O3S. The molecule has 2 aromatic rings. The molecule has 1 aliphatic carbocycles. The molecule has 1 heterocycles. The van der Waals surface area contributed by atoms with Gasteiger partial charge >= 0.3 is 0 Å². The number of rotatable bonds is 6. The minimum absolute atomic E-state index is 0.0257. The summed E-state index contributed by atoms with van der Waals surface area (Å²) in [6, 6.07) is 6.19. The van der Waals surface area contributed by atoms with Crippen LogP contribution in [0.4, 0.5) is 5.69 Å². The van der Waals surface area contributed by atoms with Crippen LogP contribution in [0.5, 0.6) is 0 Å². The van der Waals surface area contributed by atoms with Gasteiger partial charge < -0.3 is 5.32 Å². The van der Waals surface area contributed by atoms with Crippen LogP contribution in [0, 0.1) is 0 Å². The van der Waals surface area contributed by atoms with Crippen LogP contribution in [0.2, 0.25) is 0 Å². The van der Waals surface area contributed by atoms with E-state index in [-0.39, 0.29) is 22.5 Å². The van der Waals surface area contributed by atoms with Crippen LogP contribution >= 0.6 is 15.9 Å². The number of amides is 1. The number of hydrogen-bond donors (Lipinski definition) is 3. The van der Waals surface area contributed by atoms with E-state index < -0.39 is 15.9 Å². The molecule has 0 bridgehead atoms. The average Bonchev–Trinajstić information content (AvgIpc) is 3.25. The van der Waals surface area contributed by atoms with Gasteiger partial charge in [-0.2, -0.15) is 5.10 Å². The lowest BCUT2D eigenvalue weighted by molar-refractivity contribution is 0.102. The normalized spacial score (nSPS) is 14.7. The fourth-order valence-electron chi connectivity index (χ4n) is 2.29. The Morgan fingerprint density at radius 1 is 1.36 bits per heavy atom. The lowest BCUT2D eigenvalue weighted by Gasteiger charge is -2.08. The predicted molar refractivity (Wildman–Crippen MR) is 98.1 cm³/mol. The van der Waals surface area contributed by atoms with Gasteiger partial charge in [-0.3, -0.25) is 9.89 Å². The Hall–Kier alpha value is -1.71. The highest BCUT2D eigenvalue weighted by atomic mass is 79.9. The van der Waals surface area contributed by atoms with Crippen molar-refractivity contribution in [3.63, 3.8) is 0 Å². The summed E-state index contributed by atoms with van der Waals surface area (Å²) < 4.78 is 27.8. The Labute approximate surface area is 154 Å². The summed E-state index contributed by atoms with van der Waals surface area (Å²) in [5.41, 5.74) is 1.45. The molecule has 0 atom stereocenters. The Kier molecular flexibility index (Phi) is 4.99. The zero-order chi connectivity index (χ0) is 18.2. The van der Waals surface area contributed by atoms with Gasteiger partial charge in [0.05, 0.1) is 15.1 Å². The Bertz CT molecular complexity index is 904. The molecule has 3 rings (SSSR count). The van der Waals surface area contributed by atoms with Crippen LogP contribution in [-0.2, 0) is 10.0 Å². The van der Waals surface area contributed by atoms with Gasteiger partial charge in [0, 0.05) is 11.7 Å². The summed E-state index contributed by atoms with van der Waals surface area (Å²) in [6.07, 6.45) is 1.72. The van der Waals surface area contributed by atoms with Crippen LogP contribution < -0.4 is 10.0 Å². The van der Waals surface area contributed by atoms with E-state index in [0.717, 1.165) is 18.5 Å². The molecule has 1 amide bonds. The number of H-pyrrole nitrogens is 1. The molecule has 0 spiro atoms. The molecule has 25 heavy (non-hydrogen) atoms. The number of halogens is 1. The van der Waals surface area contributed by atoms with Crippen molar-refractivity contribution in [2.45, 2.75) is 43.5 Å². The summed E-state index contributed by atoms with van der Waals surface area (Å²) in [5.74, 6) is -0.231. The number of benzene rings is 1. The first-order chi connectivity index (χ1) is 11.8. The standard InChI is InChI=1S/C16H19BrN4O3S/c1-9(2)14-13(17)15(20-19-14)16(22)18-11-4-3-5-12(8-11)25(23,24)21-10-6-7-10/h3-5,8-10,21H,6-7H2,1-2H3,(H,18,22)(H,19,20). The van der Waals surface area contributed by atoms with E-state index in [0.29, 0.717) is 10.2 Å². The van der Waals surface area contributed by atoms with Crippen molar-refractivity contribution in [1.29, 1.82) is 0 Å². The second kappa shape index (κ2) is 6.89. The molecule has 1 saturated carbocycles. The second-order valence-corrected chi connectivity index (χ2v) is 8.84. The Morgan fingerprint density at radius 2 is 2.08 bits per heavy atom. The van der Waals surface area contributed by atoms with Crippen molar-refractivity contribution in [2.24, 2.45) is 0 Å². The number of carbonyl (C=O) groups is 1. The number of aromatic nitrogens is 2. The SMILES string of the molecule is CC(C)c1[nH]nc(C(=O)Nc2cccc(S(=O)(=O)NC3CC3)c2)c1Br. The maximum Gasteiger partial charge on any atom is 0.277 e. The second-order valence-electron chi connectivity index (χ2n) is 6.33. The van der Waals surface area contributed by atoms with Crippen LogP contribution in [-0.4, -0.2) is 30.6 Å². The summed E-state index contributed by atoms with van der Waals surface area (Å²) in [5, 5.41) is 9.57. The van der Waals surface area contributed by atoms with Crippen LogP contribution in [0.1, 0.15) is 48.8 Å². The highest BCUT2D eigenvalue weighted by molar-refractivity contribution is 9.10. The van der Waals surface area contributed by atoms with Crippen molar-refractivity contribution in [3.05, 3.63) is 40.1 Å². The van der Waals surface area contributed by atoms with E-state index in [9.17, 15) is 13.2 Å². The van der Waals surface area contributed by atoms with Gasteiger partial charge in [0.15, 0.2) is 5.69 Å². The highest BCUT2D eigenvalue weighted by Gasteiger charge is 2.28. The third-order valence-corrected chi connectivity index (χ3v) is 6.15. The number of anilines is 1. The van der Waals surface area contributed by atoms with E-state index in [1.54, 1.807) is 12.1 Å². The number of nitrogens with one attached hydrogen (secondary N) is 3. The smallest absolute Gasteiger partial charge is 0.277 e. The third kappa shape index (κ3) is 4.10. The van der Waals surface area contributed by atoms with Crippen molar-refractivity contribution in [2.75, 3.05) is 5.32 Å². The summed E-state index contributed by atoms with van der Waals surface area (Å²) in [4.78, 5) is 12.6. The van der Waals surface area contributed by atoms with E-state index in [2.05, 4.69) is 36.2 Å². The third-order valence-electron chi connectivity index (χ3n) is 3.83. The summed E-state index contributed by atoms with van der Waals surface area (Å²) in [6.45, 7) is 3.97. The van der Waals surface area contributed by atoms with Crippen LogP contribution in [0.25, 0.3) is 0 Å². The van der Waals surface area contributed by atoms with Gasteiger partial charge in [-0.25, -0.2) is 13.1 Å². The zero-order valence-electron chi connectivity index (χ0n) is 13.8. The number of hydrogen-bond acceptors (Lipinski definition) is 4. The van der Waals surface area contributed by atoms with E-state index in [1.807, 2.05) is 13.8 Å². The van der Waals surface area contributed by atoms with Gasteiger partial charge in [0.1, 0.15) is 0 Å². The Morgan fingerprint density at radius 3 is 2.68 bits per heavy atom. The van der Waals surface area contributed by atoms with Crippen molar-refractivity contribution in [1.82, 2.24) is 14.9 Å². The molecule has 134 valence electrons. The van der Waals surface area contributed by atoms with Crippen LogP contribution in [0.15, 0.2) is 33.6 Å². The van der Waals surface area contributed by atoms with Gasteiger partial charge in [0.25, 0.3) is 5.91 Å². The maximum absolute atomic E-state index is 12.4. The lowest BCUT2D eigenvalue weighted by Crippen LogP contribution is -2.25. The zero-order valence-corrected chi connectivity index (χ0v) is 16.2. The maximum atomic E-state index is 12.4. The molecule has 3 N–H and O–H groups in total. The largest absolute Gasteiger partial charge is 0.321 e. The van der Waals surface area contributed by atoms with E-state index in [4.69, 9.17) is 0 Å². The average molecular weight is 427 g/mol. The monoisotopic (exact) mass is 426 g/mol. The molecule has 1 aromatic carbocycles. The molecule has 7 nitrogen and oxygen atoms in total.